The van der Waals surface area contributed by atoms with Gasteiger partial charge in [-0.2, -0.15) is 0 Å². The van der Waals surface area contributed by atoms with Gasteiger partial charge in [0.25, 0.3) is 0 Å². The molecule has 0 fully saturated rings. The van der Waals surface area contributed by atoms with Crippen molar-refractivity contribution in [2.45, 2.75) is 183 Å². The normalized spacial score (nSPS) is 13.2. The maximum absolute atomic E-state index is 2.63. The van der Waals surface area contributed by atoms with E-state index in [0.29, 0.717) is 0 Å². The minimum absolute atomic E-state index is 0.00423. The van der Waals surface area contributed by atoms with Crippen molar-refractivity contribution in [1.29, 1.82) is 0 Å². The van der Waals surface area contributed by atoms with Gasteiger partial charge in [0.2, 0.25) is 0 Å². The van der Waals surface area contributed by atoms with E-state index in [1.807, 2.05) is 0 Å². The zero-order valence-corrected chi connectivity index (χ0v) is 60.1. The van der Waals surface area contributed by atoms with Crippen molar-refractivity contribution in [1.82, 2.24) is 4.57 Å². The van der Waals surface area contributed by atoms with Crippen molar-refractivity contribution in [3.05, 3.63) is 251 Å². The van der Waals surface area contributed by atoms with Gasteiger partial charge in [0.15, 0.2) is 0 Å². The lowest BCUT2D eigenvalue weighted by Crippen LogP contribution is -2.17. The molecule has 476 valence electrons. The van der Waals surface area contributed by atoms with E-state index in [4.69, 9.17) is 0 Å². The van der Waals surface area contributed by atoms with Crippen LogP contribution in [0.25, 0.3) is 104 Å². The maximum atomic E-state index is 2.63. The molecule has 0 aliphatic heterocycles. The summed E-state index contributed by atoms with van der Waals surface area (Å²) < 4.78 is 2.56. The Morgan fingerprint density at radius 3 is 1.01 bits per heavy atom. The number of rotatable bonds is 8. The molecule has 1 heterocycles. The third kappa shape index (κ3) is 11.9. The molecule has 0 spiro atoms. The van der Waals surface area contributed by atoms with E-state index in [1.165, 1.54) is 143 Å². The molecule has 2 heteroatoms. The Morgan fingerprint density at radius 2 is 0.574 bits per heavy atom. The Kier molecular flexibility index (Phi) is 15.3. The molecule has 0 aliphatic carbocycles. The molecule has 13 rings (SSSR count). The van der Waals surface area contributed by atoms with Crippen molar-refractivity contribution in [3.8, 4) is 50.2 Å². The molecule has 0 N–H and O–H groups in total. The quantitative estimate of drug-likeness (QED) is 0.138. The van der Waals surface area contributed by atoms with Gasteiger partial charge in [0, 0.05) is 32.9 Å². The largest absolute Gasteiger partial charge is 0.310 e. The van der Waals surface area contributed by atoms with Crippen molar-refractivity contribution < 1.29 is 0 Å². The van der Waals surface area contributed by atoms with Crippen LogP contribution in [0.1, 0.15) is 184 Å². The fraction of sp³-hybridized carbons (Fsp3) is 0.304. The number of benzene rings is 12. The zero-order chi connectivity index (χ0) is 67.1. The van der Waals surface area contributed by atoms with Gasteiger partial charge in [-0.15, -0.1) is 0 Å². The van der Waals surface area contributed by atoms with Gasteiger partial charge < -0.3 is 9.47 Å². The van der Waals surface area contributed by atoms with Crippen LogP contribution in [-0.4, -0.2) is 4.57 Å². The summed E-state index contributed by atoms with van der Waals surface area (Å²) >= 11 is 0. The van der Waals surface area contributed by atoms with Crippen LogP contribution < -0.4 is 4.90 Å². The molecule has 2 nitrogen and oxygen atoms in total. The standard InChI is InChI=1S/C92H98N2/c1-86(2,3)67-35-41-82-78(55-67)79-56-68(87(4,5)6)36-42-83(79)94(82)81-40-34-61-31-37-76-80(39-33-60-32-38-77(81)85(61)84(60)76)93(75-51-66(48-73(54-75)92(19,20)21)59-29-27-58(28-30-59)57-25-23-22-24-26-57)74-49-62(64-44-69(88(7,8)9)52-70(45-64)89(10,11)12)43-63(50-74)65-46-71(90(13,14)15)53-72(47-65)91(16,17)18/h22-56H,1-21H3. The molecule has 0 bridgehead atoms. The summed E-state index contributed by atoms with van der Waals surface area (Å²) in [5.74, 6) is 0. The van der Waals surface area contributed by atoms with Gasteiger partial charge in [0.05, 0.1) is 22.4 Å². The van der Waals surface area contributed by atoms with Gasteiger partial charge in [-0.25, -0.2) is 0 Å². The summed E-state index contributed by atoms with van der Waals surface area (Å²) in [7, 11) is 0. The number of hydrogen-bond donors (Lipinski definition) is 0. The van der Waals surface area contributed by atoms with E-state index in [-0.39, 0.29) is 37.9 Å². The summed E-state index contributed by atoms with van der Waals surface area (Å²) in [6.45, 7) is 49.3. The van der Waals surface area contributed by atoms with Crippen LogP contribution in [0, 0.1) is 0 Å². The Bertz CT molecular complexity index is 4840. The highest BCUT2D eigenvalue weighted by atomic mass is 15.1. The van der Waals surface area contributed by atoms with Crippen molar-refractivity contribution in [3.63, 3.8) is 0 Å². The summed E-state index contributed by atoms with van der Waals surface area (Å²) in [5.41, 5.74) is 25.4. The van der Waals surface area contributed by atoms with Gasteiger partial charge in [-0.1, -0.05) is 291 Å². The van der Waals surface area contributed by atoms with Crippen LogP contribution in [0.3, 0.4) is 0 Å². The Balaban J connectivity index is 1.13. The van der Waals surface area contributed by atoms with Gasteiger partial charge in [-0.3, -0.25) is 0 Å². The van der Waals surface area contributed by atoms with Crippen LogP contribution in [0.15, 0.2) is 212 Å². The van der Waals surface area contributed by atoms with Gasteiger partial charge >= 0.3 is 0 Å². The first kappa shape index (κ1) is 64.0. The van der Waals surface area contributed by atoms with Crippen molar-refractivity contribution >= 4 is 71.2 Å². The van der Waals surface area contributed by atoms with E-state index in [0.717, 1.165) is 17.1 Å². The maximum Gasteiger partial charge on any atom is 0.0541 e. The monoisotopic (exact) mass is 1230 g/mol. The van der Waals surface area contributed by atoms with E-state index < -0.39 is 0 Å². The molecular weight excluding hydrogens is 1130 g/mol. The molecule has 0 aliphatic rings. The highest BCUT2D eigenvalue weighted by molar-refractivity contribution is 6.27. The number of hydrogen-bond acceptors (Lipinski definition) is 1. The fourth-order valence-electron chi connectivity index (χ4n) is 14.0. The van der Waals surface area contributed by atoms with Crippen LogP contribution in [0.5, 0.6) is 0 Å². The third-order valence-corrected chi connectivity index (χ3v) is 20.1. The molecule has 12 aromatic carbocycles. The molecule has 0 atom stereocenters. The van der Waals surface area contributed by atoms with Crippen LogP contribution in [-0.2, 0) is 37.9 Å². The zero-order valence-electron chi connectivity index (χ0n) is 60.1. The van der Waals surface area contributed by atoms with E-state index >= 15 is 0 Å². The second-order valence-electron chi connectivity index (χ2n) is 34.6. The summed E-state index contributed by atoms with van der Waals surface area (Å²) in [4.78, 5) is 2.63. The molecular formula is C92H98N2. The Morgan fingerprint density at radius 1 is 0.234 bits per heavy atom. The first-order valence-corrected chi connectivity index (χ1v) is 34.4. The van der Waals surface area contributed by atoms with Crippen LogP contribution in [0.4, 0.5) is 17.1 Å². The molecule has 13 aromatic rings. The smallest absolute Gasteiger partial charge is 0.0541 e. The second-order valence-corrected chi connectivity index (χ2v) is 34.6. The highest BCUT2D eigenvalue weighted by Gasteiger charge is 2.29. The molecule has 94 heavy (non-hydrogen) atoms. The number of anilines is 3. The molecule has 0 amide bonds. The highest BCUT2D eigenvalue weighted by Crippen LogP contribution is 2.50. The number of aromatic nitrogens is 1. The average molecular weight is 1230 g/mol. The number of fused-ring (bicyclic) bond motifs is 3. The topological polar surface area (TPSA) is 8.17 Å². The summed E-state index contributed by atoms with van der Waals surface area (Å²) in [5, 5.41) is 10.0. The predicted molar refractivity (Wildman–Crippen MR) is 412 cm³/mol. The van der Waals surface area contributed by atoms with Crippen LogP contribution in [0.2, 0.25) is 0 Å². The molecule has 0 saturated carbocycles. The first-order chi connectivity index (χ1) is 44.0. The SMILES string of the molecule is CC(C)(C)c1cc(-c2ccc(-c3ccccc3)cc2)cc(N(c2cc(-c3cc(C(C)(C)C)cc(C(C)(C)C)c3)cc(-c3cc(C(C)(C)C)cc(C(C)(C)C)c3)c2)c2ccc3ccc4c(-n5c6ccc(C(C)(C)C)cc6c6cc(C(C)(C)C)ccc65)ccc5ccc2c3c54)c1. The first-order valence-electron chi connectivity index (χ1n) is 34.4. The molecule has 0 saturated heterocycles. The average Bonchev–Trinajstić information content (AvgIpc) is 1.55. The number of nitrogens with zero attached hydrogens (tertiary/aromatic N) is 2. The lowest BCUT2D eigenvalue weighted by Gasteiger charge is -2.32. The summed E-state index contributed by atoms with van der Waals surface area (Å²) in [6, 6.07) is 83.2. The minimum atomic E-state index is -0.185. The molecule has 1 aromatic heterocycles. The van der Waals surface area contributed by atoms with E-state index in [9.17, 15) is 0 Å². The van der Waals surface area contributed by atoms with E-state index in [1.54, 1.807) is 0 Å². The van der Waals surface area contributed by atoms with Crippen LogP contribution >= 0.6 is 0 Å². The van der Waals surface area contributed by atoms with Crippen molar-refractivity contribution in [2.24, 2.45) is 0 Å². The lowest BCUT2D eigenvalue weighted by atomic mass is 9.78. The Hall–Kier alpha value is -8.72. The predicted octanol–water partition coefficient (Wildman–Crippen LogP) is 26.9. The fourth-order valence-corrected chi connectivity index (χ4v) is 14.0. The summed E-state index contributed by atoms with van der Waals surface area (Å²) in [6.07, 6.45) is 0. The molecule has 0 radical (unpaired) electrons. The van der Waals surface area contributed by atoms with Gasteiger partial charge in [0.1, 0.15) is 0 Å². The minimum Gasteiger partial charge on any atom is -0.310 e. The second kappa shape index (κ2) is 22.5. The van der Waals surface area contributed by atoms with Crippen molar-refractivity contribution in [2.75, 3.05) is 4.90 Å². The third-order valence-electron chi connectivity index (χ3n) is 20.1. The van der Waals surface area contributed by atoms with Gasteiger partial charge in [-0.05, 0) is 210 Å². The lowest BCUT2D eigenvalue weighted by molar-refractivity contribution is 0.568. The molecule has 0 unspecified atom stereocenters. The van der Waals surface area contributed by atoms with E-state index in [2.05, 4.69) is 367 Å². The Labute approximate surface area is 562 Å².